The number of benzene rings is 1. The SMILES string of the molecule is CCN(CC)S(=O)(=O)c1cccc(C(=O)N2CCC[C@]3(CCCCO3)[C@@H]2C#N)c1. The van der Waals surface area contributed by atoms with E-state index in [4.69, 9.17) is 4.74 Å². The van der Waals surface area contributed by atoms with Crippen molar-refractivity contribution >= 4 is 15.9 Å². The molecule has 0 aliphatic carbocycles. The Morgan fingerprint density at radius 2 is 2.00 bits per heavy atom. The van der Waals surface area contributed by atoms with Crippen molar-refractivity contribution in [1.82, 2.24) is 9.21 Å². The van der Waals surface area contributed by atoms with Gasteiger partial charge in [-0.25, -0.2) is 8.42 Å². The molecule has 3 rings (SSSR count). The van der Waals surface area contributed by atoms with Gasteiger partial charge in [0, 0.05) is 31.8 Å². The summed E-state index contributed by atoms with van der Waals surface area (Å²) in [5.41, 5.74) is -0.322. The fraction of sp³-hybridized carbons (Fsp3) is 0.619. The number of sulfonamides is 1. The molecule has 0 bridgehead atoms. The highest BCUT2D eigenvalue weighted by Crippen LogP contribution is 2.39. The minimum absolute atomic E-state index is 0.0983. The number of hydrogen-bond donors (Lipinski definition) is 0. The summed E-state index contributed by atoms with van der Waals surface area (Å²) in [6, 6.07) is 7.77. The Labute approximate surface area is 173 Å². The van der Waals surface area contributed by atoms with Crippen molar-refractivity contribution in [3.8, 4) is 6.07 Å². The van der Waals surface area contributed by atoms with E-state index in [1.54, 1.807) is 30.9 Å². The van der Waals surface area contributed by atoms with Crippen LogP contribution in [0.5, 0.6) is 0 Å². The van der Waals surface area contributed by atoms with Crippen LogP contribution in [-0.4, -0.2) is 61.4 Å². The second-order valence-corrected chi connectivity index (χ2v) is 9.56. The van der Waals surface area contributed by atoms with E-state index in [2.05, 4.69) is 6.07 Å². The Bertz CT molecular complexity index is 878. The molecule has 2 saturated heterocycles. The molecular formula is C21H29N3O4S. The summed E-state index contributed by atoms with van der Waals surface area (Å²) in [6.07, 6.45) is 4.26. The second kappa shape index (κ2) is 8.82. The third-order valence-electron chi connectivity index (χ3n) is 6.00. The first-order chi connectivity index (χ1) is 13.9. The Kier molecular flexibility index (Phi) is 6.62. The largest absolute Gasteiger partial charge is 0.372 e. The number of ether oxygens (including phenoxy) is 1. The molecule has 2 heterocycles. The molecule has 158 valence electrons. The molecule has 1 spiro atoms. The Morgan fingerprint density at radius 1 is 1.28 bits per heavy atom. The van der Waals surface area contributed by atoms with Crippen LogP contribution >= 0.6 is 0 Å². The van der Waals surface area contributed by atoms with E-state index in [1.807, 2.05) is 0 Å². The zero-order valence-electron chi connectivity index (χ0n) is 17.1. The number of nitrogens with zero attached hydrogens (tertiary/aromatic N) is 3. The van der Waals surface area contributed by atoms with Crippen molar-refractivity contribution in [1.29, 1.82) is 5.26 Å². The summed E-state index contributed by atoms with van der Waals surface area (Å²) in [6.45, 7) is 5.36. The van der Waals surface area contributed by atoms with Gasteiger partial charge in [-0.1, -0.05) is 19.9 Å². The minimum atomic E-state index is -3.66. The normalized spacial score (nSPS) is 25.2. The summed E-state index contributed by atoms with van der Waals surface area (Å²) >= 11 is 0. The average Bonchev–Trinajstić information content (AvgIpc) is 2.74. The summed E-state index contributed by atoms with van der Waals surface area (Å²) in [5.74, 6) is -0.318. The van der Waals surface area contributed by atoms with Gasteiger partial charge in [-0.3, -0.25) is 4.79 Å². The third-order valence-corrected chi connectivity index (χ3v) is 8.05. The van der Waals surface area contributed by atoms with Gasteiger partial charge in [0.05, 0.1) is 11.0 Å². The number of piperidine rings is 1. The molecule has 2 fully saturated rings. The predicted octanol–water partition coefficient (Wildman–Crippen LogP) is 2.78. The number of nitriles is 1. The highest BCUT2D eigenvalue weighted by molar-refractivity contribution is 7.89. The topological polar surface area (TPSA) is 90.7 Å². The molecule has 7 nitrogen and oxygen atoms in total. The van der Waals surface area contributed by atoms with Crippen molar-refractivity contribution in [2.45, 2.75) is 62.5 Å². The zero-order chi connectivity index (χ0) is 21.1. The molecule has 0 aromatic heterocycles. The molecule has 0 unspecified atom stereocenters. The molecule has 2 aliphatic heterocycles. The van der Waals surface area contributed by atoms with E-state index in [0.717, 1.165) is 32.1 Å². The lowest BCUT2D eigenvalue weighted by atomic mass is 9.79. The maximum absolute atomic E-state index is 13.3. The Morgan fingerprint density at radius 3 is 2.62 bits per heavy atom. The quantitative estimate of drug-likeness (QED) is 0.732. The first-order valence-electron chi connectivity index (χ1n) is 10.3. The predicted molar refractivity (Wildman–Crippen MR) is 109 cm³/mol. The molecule has 2 atom stereocenters. The van der Waals surface area contributed by atoms with Gasteiger partial charge in [-0.15, -0.1) is 0 Å². The minimum Gasteiger partial charge on any atom is -0.372 e. The van der Waals surface area contributed by atoms with Crippen LogP contribution in [0, 0.1) is 11.3 Å². The van der Waals surface area contributed by atoms with Gasteiger partial charge in [-0.05, 0) is 50.3 Å². The van der Waals surface area contributed by atoms with E-state index in [1.165, 1.54) is 16.4 Å². The van der Waals surface area contributed by atoms with Crippen LogP contribution in [0.1, 0.15) is 56.3 Å². The molecular weight excluding hydrogens is 390 g/mol. The lowest BCUT2D eigenvalue weighted by molar-refractivity contribution is -0.128. The molecule has 1 aromatic rings. The highest BCUT2D eigenvalue weighted by atomic mass is 32.2. The number of carbonyl (C=O) groups is 1. The Balaban J connectivity index is 1.91. The van der Waals surface area contributed by atoms with Crippen LogP contribution in [0.2, 0.25) is 0 Å². The van der Waals surface area contributed by atoms with Crippen molar-refractivity contribution in [2.75, 3.05) is 26.2 Å². The van der Waals surface area contributed by atoms with E-state index in [0.29, 0.717) is 26.2 Å². The highest BCUT2D eigenvalue weighted by Gasteiger charge is 2.48. The van der Waals surface area contributed by atoms with Crippen molar-refractivity contribution in [3.05, 3.63) is 29.8 Å². The van der Waals surface area contributed by atoms with Gasteiger partial charge in [0.1, 0.15) is 11.6 Å². The van der Waals surface area contributed by atoms with Gasteiger partial charge in [-0.2, -0.15) is 9.57 Å². The van der Waals surface area contributed by atoms with Gasteiger partial charge in [0.15, 0.2) is 0 Å². The smallest absolute Gasteiger partial charge is 0.255 e. The van der Waals surface area contributed by atoms with Gasteiger partial charge < -0.3 is 9.64 Å². The van der Waals surface area contributed by atoms with E-state index in [9.17, 15) is 18.5 Å². The monoisotopic (exact) mass is 419 g/mol. The molecule has 2 aliphatic rings. The van der Waals surface area contributed by atoms with Crippen molar-refractivity contribution < 1.29 is 17.9 Å². The fourth-order valence-corrected chi connectivity index (χ4v) is 5.96. The first kappa shape index (κ1) is 21.8. The molecule has 1 aromatic carbocycles. The van der Waals surface area contributed by atoms with Gasteiger partial charge >= 0.3 is 0 Å². The summed E-state index contributed by atoms with van der Waals surface area (Å²) in [4.78, 5) is 15.0. The summed E-state index contributed by atoms with van der Waals surface area (Å²) in [5, 5.41) is 9.87. The number of likely N-dealkylation sites (tertiary alicyclic amines) is 1. The number of hydrogen-bond acceptors (Lipinski definition) is 5. The number of carbonyl (C=O) groups excluding carboxylic acids is 1. The van der Waals surface area contributed by atoms with E-state index in [-0.39, 0.29) is 16.4 Å². The maximum Gasteiger partial charge on any atom is 0.255 e. The van der Waals surface area contributed by atoms with Crippen LogP contribution in [0.3, 0.4) is 0 Å². The second-order valence-electron chi connectivity index (χ2n) is 7.62. The first-order valence-corrected chi connectivity index (χ1v) is 11.8. The summed E-state index contributed by atoms with van der Waals surface area (Å²) in [7, 11) is -3.66. The molecule has 0 radical (unpaired) electrons. The lowest BCUT2D eigenvalue weighted by Gasteiger charge is -2.48. The fourth-order valence-electron chi connectivity index (χ4n) is 4.46. The average molecular weight is 420 g/mol. The number of rotatable bonds is 5. The maximum atomic E-state index is 13.3. The molecule has 1 amide bonds. The van der Waals surface area contributed by atoms with E-state index < -0.39 is 21.7 Å². The van der Waals surface area contributed by atoms with Crippen molar-refractivity contribution in [2.24, 2.45) is 0 Å². The van der Waals surface area contributed by atoms with Gasteiger partial charge in [0.2, 0.25) is 10.0 Å². The van der Waals surface area contributed by atoms with Crippen LogP contribution in [0.15, 0.2) is 29.2 Å². The lowest BCUT2D eigenvalue weighted by Crippen LogP contribution is -2.60. The summed E-state index contributed by atoms with van der Waals surface area (Å²) < 4.78 is 33.1. The van der Waals surface area contributed by atoms with Crippen LogP contribution in [0.4, 0.5) is 0 Å². The molecule has 0 saturated carbocycles. The molecule has 29 heavy (non-hydrogen) atoms. The third kappa shape index (κ3) is 4.04. The van der Waals surface area contributed by atoms with Crippen LogP contribution in [0.25, 0.3) is 0 Å². The molecule has 0 N–H and O–H groups in total. The van der Waals surface area contributed by atoms with Crippen molar-refractivity contribution in [3.63, 3.8) is 0 Å². The van der Waals surface area contributed by atoms with E-state index >= 15 is 0 Å². The van der Waals surface area contributed by atoms with Crippen LogP contribution < -0.4 is 0 Å². The Hall–Kier alpha value is -1.95. The van der Waals surface area contributed by atoms with Gasteiger partial charge in [0.25, 0.3) is 5.91 Å². The van der Waals surface area contributed by atoms with Crippen LogP contribution in [-0.2, 0) is 14.8 Å². The molecule has 8 heteroatoms. The standard InChI is InChI=1S/C21H29N3O4S/c1-3-23(4-2)29(26,27)18-10-7-9-17(15-18)20(25)24-13-8-12-21(19(24)16-22)11-5-6-14-28-21/h7,9-10,15,19H,3-6,8,11-14H2,1-2H3/t19-,21+/m0/s1. The number of amides is 1. The zero-order valence-corrected chi connectivity index (χ0v) is 18.0.